The Balaban J connectivity index is 0.979. The molecule has 0 spiro atoms. The molecule has 0 saturated carbocycles. The Labute approximate surface area is 368 Å². The van der Waals surface area contributed by atoms with Gasteiger partial charge in [-0.15, -0.1) is 0 Å². The monoisotopic (exact) mass is 802 g/mol. The van der Waals surface area contributed by atoms with E-state index in [0.717, 1.165) is 22.7 Å². The lowest BCUT2D eigenvalue weighted by Gasteiger charge is -2.33. The van der Waals surface area contributed by atoms with Gasteiger partial charge in [-0.3, -0.25) is 0 Å². The summed E-state index contributed by atoms with van der Waals surface area (Å²) >= 11 is 0. The Kier molecular flexibility index (Phi) is 8.76. The summed E-state index contributed by atoms with van der Waals surface area (Å²) in [4.78, 5) is 2.35. The van der Waals surface area contributed by atoms with E-state index in [2.05, 4.69) is 264 Å². The Morgan fingerprint density at radius 3 is 1.57 bits per heavy atom. The van der Waals surface area contributed by atoms with E-state index in [-0.39, 0.29) is 0 Å². The Morgan fingerprint density at radius 1 is 0.302 bits per heavy atom. The summed E-state index contributed by atoms with van der Waals surface area (Å²) in [5.74, 6) is 0. The number of anilines is 3. The largest absolute Gasteiger partial charge is 0.310 e. The third kappa shape index (κ3) is 5.95. The number of rotatable bonds is 8. The molecule has 2 heteroatoms. The van der Waals surface area contributed by atoms with Crippen molar-refractivity contribution in [3.05, 3.63) is 277 Å². The first-order valence-corrected chi connectivity index (χ1v) is 21.8. The van der Waals surface area contributed by atoms with Crippen LogP contribution in [0.3, 0.4) is 0 Å². The van der Waals surface area contributed by atoms with Crippen molar-refractivity contribution < 1.29 is 0 Å². The minimum atomic E-state index is -0.432. The van der Waals surface area contributed by atoms with Crippen LogP contribution in [-0.2, 0) is 5.41 Å². The second-order valence-corrected chi connectivity index (χ2v) is 16.5. The quantitative estimate of drug-likeness (QED) is 0.149. The number of benzene rings is 10. The summed E-state index contributed by atoms with van der Waals surface area (Å²) < 4.78 is 2.45. The molecule has 1 aliphatic carbocycles. The van der Waals surface area contributed by atoms with Crippen LogP contribution < -0.4 is 4.90 Å². The van der Waals surface area contributed by atoms with Crippen LogP contribution in [0.1, 0.15) is 22.3 Å². The zero-order valence-electron chi connectivity index (χ0n) is 34.6. The maximum absolute atomic E-state index is 2.45. The molecule has 0 atom stereocenters. The van der Waals surface area contributed by atoms with E-state index in [0.29, 0.717) is 0 Å². The van der Waals surface area contributed by atoms with E-state index < -0.39 is 5.41 Å². The van der Waals surface area contributed by atoms with Gasteiger partial charge in [0.2, 0.25) is 0 Å². The first-order valence-electron chi connectivity index (χ1n) is 21.8. The molecule has 1 aliphatic rings. The number of aromatic nitrogens is 1. The van der Waals surface area contributed by atoms with Crippen LogP contribution in [0.2, 0.25) is 0 Å². The fourth-order valence-corrected chi connectivity index (χ4v) is 10.3. The highest BCUT2D eigenvalue weighted by molar-refractivity contribution is 6.10. The number of hydrogen-bond donors (Lipinski definition) is 0. The van der Waals surface area contributed by atoms with E-state index >= 15 is 0 Å². The molecule has 1 aromatic heterocycles. The van der Waals surface area contributed by atoms with Crippen molar-refractivity contribution in [2.75, 3.05) is 4.90 Å². The first kappa shape index (κ1) is 36.6. The molecule has 0 bridgehead atoms. The van der Waals surface area contributed by atoms with Crippen molar-refractivity contribution in [3.63, 3.8) is 0 Å². The summed E-state index contributed by atoms with van der Waals surface area (Å²) in [6.07, 6.45) is 0. The molecule has 2 nitrogen and oxygen atoms in total. The van der Waals surface area contributed by atoms with E-state index in [9.17, 15) is 0 Å². The lowest BCUT2D eigenvalue weighted by atomic mass is 9.68. The van der Waals surface area contributed by atoms with Gasteiger partial charge in [0, 0.05) is 33.5 Å². The molecule has 0 fully saturated rings. The van der Waals surface area contributed by atoms with E-state index in [1.165, 1.54) is 77.4 Å². The molecule has 11 aromatic rings. The van der Waals surface area contributed by atoms with Crippen LogP contribution >= 0.6 is 0 Å². The normalized spacial score (nSPS) is 12.6. The van der Waals surface area contributed by atoms with Crippen molar-refractivity contribution in [1.82, 2.24) is 4.57 Å². The number of fused-ring (bicyclic) bond motifs is 6. The van der Waals surface area contributed by atoms with Crippen molar-refractivity contribution in [1.29, 1.82) is 0 Å². The highest BCUT2D eigenvalue weighted by Crippen LogP contribution is 2.56. The lowest BCUT2D eigenvalue weighted by Crippen LogP contribution is -2.28. The Bertz CT molecular complexity index is 3380. The standard InChI is InChI=1S/C61H42N2/c1-5-18-43(19-6-1)44-32-35-50(36-33-44)62(49-25-11-4-12-26-49)51-27-17-20-45(40-51)46-34-39-60-56(41-46)54-29-14-16-31-59(54)63(60)52-37-38-58-55(42-52)53-28-13-15-30-57(53)61(58,47-21-7-2-8-22-47)48-23-9-3-10-24-48/h1-42H. The Morgan fingerprint density at radius 2 is 0.825 bits per heavy atom. The third-order valence-corrected chi connectivity index (χ3v) is 13.1. The highest BCUT2D eigenvalue weighted by atomic mass is 15.1. The lowest BCUT2D eigenvalue weighted by molar-refractivity contribution is 0.768. The smallest absolute Gasteiger partial charge is 0.0713 e. The molecule has 0 aliphatic heterocycles. The summed E-state index contributed by atoms with van der Waals surface area (Å²) in [5.41, 5.74) is 18.9. The van der Waals surface area contributed by atoms with Crippen molar-refractivity contribution >= 4 is 38.9 Å². The van der Waals surface area contributed by atoms with Crippen molar-refractivity contribution in [3.8, 4) is 39.1 Å². The zero-order chi connectivity index (χ0) is 41.7. The third-order valence-electron chi connectivity index (χ3n) is 13.1. The average molecular weight is 803 g/mol. The van der Waals surface area contributed by atoms with Crippen LogP contribution in [-0.4, -0.2) is 4.57 Å². The second kappa shape index (κ2) is 15.1. The van der Waals surface area contributed by atoms with Crippen LogP contribution in [0.25, 0.3) is 60.9 Å². The molecule has 1 heterocycles. The van der Waals surface area contributed by atoms with Gasteiger partial charge in [-0.2, -0.15) is 0 Å². The molecule has 10 aromatic carbocycles. The molecule has 12 rings (SSSR count). The molecule has 0 radical (unpaired) electrons. The predicted octanol–water partition coefficient (Wildman–Crippen LogP) is 16.0. The van der Waals surface area contributed by atoms with Gasteiger partial charge in [0.05, 0.1) is 16.4 Å². The molecule has 63 heavy (non-hydrogen) atoms. The number of para-hydroxylation sites is 2. The van der Waals surface area contributed by atoms with Crippen molar-refractivity contribution in [2.24, 2.45) is 0 Å². The highest BCUT2D eigenvalue weighted by Gasteiger charge is 2.46. The molecular formula is C61H42N2. The van der Waals surface area contributed by atoms with Gasteiger partial charge >= 0.3 is 0 Å². The SMILES string of the molecule is c1ccc(-c2ccc(N(c3ccccc3)c3cccc(-c4ccc5c(c4)c4ccccc4n5-c4ccc5c(c4)-c4ccccc4C5(c4ccccc4)c4ccccc4)c3)cc2)cc1. The molecule has 0 N–H and O–H groups in total. The van der Waals surface area contributed by atoms with Crippen LogP contribution in [0, 0.1) is 0 Å². The van der Waals surface area contributed by atoms with E-state index in [1.807, 2.05) is 0 Å². The van der Waals surface area contributed by atoms with Gasteiger partial charge in [-0.25, -0.2) is 0 Å². The van der Waals surface area contributed by atoms with Crippen LogP contribution in [0.5, 0.6) is 0 Å². The predicted molar refractivity (Wildman–Crippen MR) is 264 cm³/mol. The Hall–Kier alpha value is -8.20. The topological polar surface area (TPSA) is 8.17 Å². The molecule has 0 saturated heterocycles. The molecule has 0 amide bonds. The average Bonchev–Trinajstić information content (AvgIpc) is 3.86. The first-order chi connectivity index (χ1) is 31.3. The van der Waals surface area contributed by atoms with Crippen LogP contribution in [0.15, 0.2) is 255 Å². The minimum absolute atomic E-state index is 0.432. The summed E-state index contributed by atoms with van der Waals surface area (Å²) in [6.45, 7) is 0. The van der Waals surface area contributed by atoms with E-state index in [1.54, 1.807) is 0 Å². The molecule has 296 valence electrons. The van der Waals surface area contributed by atoms with E-state index in [4.69, 9.17) is 0 Å². The van der Waals surface area contributed by atoms with Crippen LogP contribution in [0.4, 0.5) is 17.1 Å². The summed E-state index contributed by atoms with van der Waals surface area (Å²) in [6, 6.07) is 93.1. The molecular weight excluding hydrogens is 761 g/mol. The maximum Gasteiger partial charge on any atom is 0.0713 e. The number of nitrogens with zero attached hydrogens (tertiary/aromatic N) is 2. The van der Waals surface area contributed by atoms with Crippen molar-refractivity contribution in [2.45, 2.75) is 5.41 Å². The fourth-order valence-electron chi connectivity index (χ4n) is 10.3. The van der Waals surface area contributed by atoms with Gasteiger partial charge < -0.3 is 9.47 Å². The van der Waals surface area contributed by atoms with Gasteiger partial charge in [-0.1, -0.05) is 188 Å². The number of hydrogen-bond acceptors (Lipinski definition) is 1. The zero-order valence-corrected chi connectivity index (χ0v) is 34.6. The summed E-state index contributed by atoms with van der Waals surface area (Å²) in [7, 11) is 0. The molecule has 0 unspecified atom stereocenters. The fraction of sp³-hybridized carbons (Fsp3) is 0.0164. The van der Waals surface area contributed by atoms with Gasteiger partial charge in [0.25, 0.3) is 0 Å². The minimum Gasteiger partial charge on any atom is -0.310 e. The second-order valence-electron chi connectivity index (χ2n) is 16.5. The van der Waals surface area contributed by atoms with Gasteiger partial charge in [0.15, 0.2) is 0 Å². The van der Waals surface area contributed by atoms with Gasteiger partial charge in [0.1, 0.15) is 0 Å². The maximum atomic E-state index is 2.45. The summed E-state index contributed by atoms with van der Waals surface area (Å²) in [5, 5.41) is 2.47. The van der Waals surface area contributed by atoms with Gasteiger partial charge in [-0.05, 0) is 122 Å².